The van der Waals surface area contributed by atoms with Crippen LogP contribution in [0.25, 0.3) is 11.4 Å². The normalized spacial score (nSPS) is 14.5. The van der Waals surface area contributed by atoms with Crippen LogP contribution in [0.5, 0.6) is 0 Å². The van der Waals surface area contributed by atoms with E-state index in [4.69, 9.17) is 11.6 Å². The Balaban J connectivity index is 1.46. The molecule has 0 bridgehead atoms. The molecule has 1 aliphatic carbocycles. The Morgan fingerprint density at radius 1 is 0.974 bits per heavy atom. The van der Waals surface area contributed by atoms with Crippen molar-refractivity contribution in [2.24, 2.45) is 0 Å². The molecule has 9 nitrogen and oxygen atoms in total. The summed E-state index contributed by atoms with van der Waals surface area (Å²) in [5, 5.41) is 16.3. The summed E-state index contributed by atoms with van der Waals surface area (Å²) in [7, 11) is 0. The first kappa shape index (κ1) is 26.5. The van der Waals surface area contributed by atoms with E-state index in [9.17, 15) is 9.59 Å². The van der Waals surface area contributed by atoms with Gasteiger partial charge in [0.2, 0.25) is 17.6 Å². The highest BCUT2D eigenvalue weighted by atomic mass is 35.5. The van der Waals surface area contributed by atoms with Gasteiger partial charge in [-0.15, -0.1) is 10.2 Å². The Bertz CT molecular complexity index is 1390. The maximum atomic E-state index is 13.9. The monoisotopic (exact) mass is 543 g/mol. The van der Waals surface area contributed by atoms with Gasteiger partial charge in [0.1, 0.15) is 6.54 Å². The number of carbonyl (C=O) groups is 2. The molecule has 4 aromatic rings. The molecular weight excluding hydrogens is 514 g/mol. The van der Waals surface area contributed by atoms with Crippen molar-refractivity contribution >= 4 is 23.4 Å². The van der Waals surface area contributed by atoms with E-state index in [1.54, 1.807) is 24.4 Å². The molecule has 1 saturated carbocycles. The zero-order valence-electron chi connectivity index (χ0n) is 21.5. The minimum absolute atomic E-state index is 0.0696. The van der Waals surface area contributed by atoms with Crippen LogP contribution in [-0.2, 0) is 22.7 Å². The summed E-state index contributed by atoms with van der Waals surface area (Å²) in [5.74, 6) is -0.212. The van der Waals surface area contributed by atoms with Gasteiger partial charge >= 0.3 is 0 Å². The average Bonchev–Trinajstić information content (AvgIpc) is 3.44. The van der Waals surface area contributed by atoms with E-state index >= 15 is 0 Å². The zero-order valence-corrected chi connectivity index (χ0v) is 22.2. The van der Waals surface area contributed by atoms with Gasteiger partial charge in [0.15, 0.2) is 6.04 Å². The van der Waals surface area contributed by atoms with Crippen molar-refractivity contribution in [3.63, 3.8) is 0 Å². The summed E-state index contributed by atoms with van der Waals surface area (Å²) in [6, 6.07) is 21.2. The van der Waals surface area contributed by atoms with Gasteiger partial charge in [-0.3, -0.25) is 14.6 Å². The number of amides is 2. The molecule has 1 fully saturated rings. The Morgan fingerprint density at radius 3 is 2.46 bits per heavy atom. The van der Waals surface area contributed by atoms with Crippen molar-refractivity contribution in [1.82, 2.24) is 35.4 Å². The van der Waals surface area contributed by atoms with Crippen molar-refractivity contribution in [2.75, 3.05) is 0 Å². The van der Waals surface area contributed by atoms with E-state index in [1.807, 2.05) is 54.6 Å². The van der Waals surface area contributed by atoms with Crippen LogP contribution >= 0.6 is 11.6 Å². The lowest BCUT2D eigenvalue weighted by Crippen LogP contribution is -2.48. The maximum absolute atomic E-state index is 13.9. The second-order valence-electron chi connectivity index (χ2n) is 9.62. The van der Waals surface area contributed by atoms with Gasteiger partial charge in [0.05, 0.1) is 5.69 Å². The summed E-state index contributed by atoms with van der Waals surface area (Å²) >= 11 is 6.50. The number of tetrazole rings is 1. The van der Waals surface area contributed by atoms with E-state index in [0.717, 1.165) is 36.8 Å². The number of hydrogen-bond donors (Lipinski definition) is 1. The second kappa shape index (κ2) is 12.6. The van der Waals surface area contributed by atoms with Crippen LogP contribution in [0, 0.1) is 0 Å². The third-order valence-electron chi connectivity index (χ3n) is 6.86. The number of nitrogens with zero attached hydrogens (tertiary/aromatic N) is 6. The number of pyridine rings is 1. The number of carbonyl (C=O) groups excluding carboxylic acids is 2. The van der Waals surface area contributed by atoms with Crippen LogP contribution in [-0.4, -0.2) is 47.9 Å². The lowest BCUT2D eigenvalue weighted by molar-refractivity contribution is -0.143. The van der Waals surface area contributed by atoms with E-state index in [2.05, 4.69) is 25.7 Å². The summed E-state index contributed by atoms with van der Waals surface area (Å²) in [6.45, 7) is -0.0948. The Hall–Kier alpha value is -4.11. The van der Waals surface area contributed by atoms with E-state index in [-0.39, 0.29) is 30.9 Å². The number of rotatable bonds is 9. The molecule has 1 aliphatic rings. The molecule has 2 aromatic carbocycles. The molecule has 0 unspecified atom stereocenters. The van der Waals surface area contributed by atoms with Gasteiger partial charge in [0, 0.05) is 29.4 Å². The first-order valence-corrected chi connectivity index (χ1v) is 13.5. The fraction of sp³-hybridized carbons (Fsp3) is 0.310. The van der Waals surface area contributed by atoms with Crippen molar-refractivity contribution in [1.29, 1.82) is 0 Å². The lowest BCUT2D eigenvalue weighted by atomic mass is 9.95. The summed E-state index contributed by atoms with van der Waals surface area (Å²) < 4.78 is 0. The number of halogens is 1. The van der Waals surface area contributed by atoms with Gasteiger partial charge in [-0.25, -0.2) is 0 Å². The first-order valence-electron chi connectivity index (χ1n) is 13.2. The summed E-state index contributed by atoms with van der Waals surface area (Å²) in [4.78, 5) is 35.0. The Morgan fingerprint density at radius 2 is 1.72 bits per heavy atom. The van der Waals surface area contributed by atoms with Crippen LogP contribution in [0.15, 0.2) is 79.0 Å². The zero-order chi connectivity index (χ0) is 27.0. The lowest BCUT2D eigenvalue weighted by Gasteiger charge is -2.33. The highest BCUT2D eigenvalue weighted by molar-refractivity contribution is 6.31. The van der Waals surface area contributed by atoms with Crippen molar-refractivity contribution in [3.8, 4) is 11.4 Å². The largest absolute Gasteiger partial charge is 0.351 e. The standard InChI is InChI=1S/C29H30ClN7O2/c30-24-16-8-7-13-22(24)19-36(26(38)20-37-34-28(33-35-37)21-11-3-1-4-12-21)27(25-17-9-10-18-31-25)29(39)32-23-14-5-2-6-15-23/h1,3-4,7-13,16-18,23,27H,2,5-6,14-15,19-20H2,(H,32,39)/t27-/m1/s1. The van der Waals surface area contributed by atoms with Gasteiger partial charge in [-0.2, -0.15) is 4.80 Å². The van der Waals surface area contributed by atoms with Crippen molar-refractivity contribution in [2.45, 2.75) is 57.3 Å². The molecule has 2 amide bonds. The highest BCUT2D eigenvalue weighted by Crippen LogP contribution is 2.27. The molecule has 10 heteroatoms. The minimum Gasteiger partial charge on any atom is -0.351 e. The smallest absolute Gasteiger partial charge is 0.249 e. The third kappa shape index (κ3) is 6.67. The van der Waals surface area contributed by atoms with Gasteiger partial charge < -0.3 is 10.2 Å². The van der Waals surface area contributed by atoms with Crippen molar-refractivity contribution in [3.05, 3.63) is 95.3 Å². The number of hydrogen-bond acceptors (Lipinski definition) is 6. The summed E-state index contributed by atoms with van der Waals surface area (Å²) in [5.41, 5.74) is 1.99. The molecule has 2 heterocycles. The molecule has 0 spiro atoms. The van der Waals surface area contributed by atoms with Crippen molar-refractivity contribution < 1.29 is 9.59 Å². The van der Waals surface area contributed by atoms with Crippen LogP contribution in [0.4, 0.5) is 0 Å². The van der Waals surface area contributed by atoms with Gasteiger partial charge in [-0.1, -0.05) is 85.5 Å². The number of aromatic nitrogens is 5. The molecular formula is C29H30ClN7O2. The topological polar surface area (TPSA) is 106 Å². The van der Waals surface area contributed by atoms with Crippen LogP contribution in [0.3, 0.4) is 0 Å². The van der Waals surface area contributed by atoms with E-state index in [1.165, 1.54) is 16.1 Å². The van der Waals surface area contributed by atoms with Crippen LogP contribution < -0.4 is 5.32 Å². The number of nitrogens with one attached hydrogen (secondary N) is 1. The quantitative estimate of drug-likeness (QED) is 0.330. The molecule has 1 N–H and O–H groups in total. The molecule has 0 aliphatic heterocycles. The average molecular weight is 544 g/mol. The van der Waals surface area contributed by atoms with Gasteiger partial charge in [0.25, 0.3) is 0 Å². The maximum Gasteiger partial charge on any atom is 0.249 e. The van der Waals surface area contributed by atoms with Crippen LogP contribution in [0.1, 0.15) is 49.4 Å². The molecule has 39 heavy (non-hydrogen) atoms. The third-order valence-corrected chi connectivity index (χ3v) is 7.23. The fourth-order valence-electron chi connectivity index (χ4n) is 4.86. The fourth-order valence-corrected chi connectivity index (χ4v) is 5.05. The molecule has 1 atom stereocenters. The van der Waals surface area contributed by atoms with E-state index in [0.29, 0.717) is 16.5 Å². The minimum atomic E-state index is -0.964. The Kier molecular flexibility index (Phi) is 8.58. The van der Waals surface area contributed by atoms with Gasteiger partial charge in [-0.05, 0) is 41.8 Å². The summed E-state index contributed by atoms with van der Waals surface area (Å²) in [6.07, 6.45) is 6.78. The first-order chi connectivity index (χ1) is 19.1. The molecule has 200 valence electrons. The molecule has 0 radical (unpaired) electrons. The predicted octanol–water partition coefficient (Wildman–Crippen LogP) is 4.61. The SMILES string of the molecule is O=C(NC1CCCCC1)[C@@H](c1ccccn1)N(Cc1ccccc1Cl)C(=O)Cn1nnc(-c2ccccc2)n1. The predicted molar refractivity (Wildman–Crippen MR) is 147 cm³/mol. The van der Waals surface area contributed by atoms with E-state index < -0.39 is 6.04 Å². The Labute approximate surface area is 232 Å². The highest BCUT2D eigenvalue weighted by Gasteiger charge is 2.34. The number of benzene rings is 2. The molecule has 0 saturated heterocycles. The molecule has 2 aromatic heterocycles. The second-order valence-corrected chi connectivity index (χ2v) is 10.0. The molecule has 5 rings (SSSR count). The van der Waals surface area contributed by atoms with Crippen LogP contribution in [0.2, 0.25) is 5.02 Å².